The van der Waals surface area contributed by atoms with E-state index in [0.29, 0.717) is 36.6 Å². The molecule has 3 unspecified atom stereocenters. The fourth-order valence-corrected chi connectivity index (χ4v) is 6.59. The minimum atomic E-state index is -1.14. The van der Waals surface area contributed by atoms with Crippen LogP contribution in [-0.2, 0) is 20.7 Å². The molecule has 0 fully saturated rings. The molecule has 2 aromatic rings. The number of hydrogen-bond acceptors (Lipinski definition) is 7. The molecule has 0 bridgehead atoms. The third kappa shape index (κ3) is 12.8. The Labute approximate surface area is 284 Å². The number of carboxylic acid groups (broad SMARTS) is 1. The maximum Gasteiger partial charge on any atom is 0.309 e. The van der Waals surface area contributed by atoms with Gasteiger partial charge in [0.05, 0.1) is 11.1 Å². The Bertz CT molecular complexity index is 1280. The second-order valence-electron chi connectivity index (χ2n) is 13.4. The fourth-order valence-electron chi connectivity index (χ4n) is 5.73. The van der Waals surface area contributed by atoms with Crippen LogP contribution in [0.5, 0.6) is 0 Å². The quantitative estimate of drug-likeness (QED) is 0.0856. The number of nitrogen functional groups attached to an aromatic ring is 1. The number of aliphatic carboxylic acids is 1. The first-order valence-electron chi connectivity index (χ1n) is 17.2. The Balaban J connectivity index is 2.31. The number of thiazole rings is 1. The first-order chi connectivity index (χ1) is 22.2. The SMILES string of the molecule is CCCCCCN(C(=O)CCCC)C(CC(OCC)c1nc(C(=O)NC(Cc2ccc(N)c(F)c2)CC(C)(C)C(=O)O)cs1)C(C)C. The van der Waals surface area contributed by atoms with Crippen molar-refractivity contribution in [1.82, 2.24) is 15.2 Å². The van der Waals surface area contributed by atoms with E-state index in [1.54, 1.807) is 25.3 Å². The summed E-state index contributed by atoms with van der Waals surface area (Å²) in [5.41, 5.74) is 5.31. The van der Waals surface area contributed by atoms with E-state index in [2.05, 4.69) is 42.9 Å². The number of carbonyl (C=O) groups excluding carboxylic acids is 2. The highest BCUT2D eigenvalue weighted by atomic mass is 32.1. The molecule has 4 N–H and O–H groups in total. The van der Waals surface area contributed by atoms with Crippen LogP contribution in [0.3, 0.4) is 0 Å². The monoisotopic (exact) mass is 676 g/mol. The van der Waals surface area contributed by atoms with Crippen molar-refractivity contribution < 1.29 is 28.6 Å². The first-order valence-corrected chi connectivity index (χ1v) is 18.1. The van der Waals surface area contributed by atoms with Crippen molar-refractivity contribution in [1.29, 1.82) is 0 Å². The van der Waals surface area contributed by atoms with Crippen LogP contribution in [0, 0.1) is 17.2 Å². The molecule has 1 heterocycles. The van der Waals surface area contributed by atoms with Gasteiger partial charge in [0.2, 0.25) is 5.91 Å². The van der Waals surface area contributed by atoms with Gasteiger partial charge < -0.3 is 25.8 Å². The van der Waals surface area contributed by atoms with Gasteiger partial charge in [-0.15, -0.1) is 11.3 Å². The zero-order valence-corrected chi connectivity index (χ0v) is 30.3. The van der Waals surface area contributed by atoms with Crippen LogP contribution in [0.25, 0.3) is 0 Å². The van der Waals surface area contributed by atoms with Gasteiger partial charge in [-0.1, -0.05) is 59.4 Å². The third-order valence-electron chi connectivity index (χ3n) is 8.56. The Hall–Kier alpha value is -3.05. The molecule has 264 valence electrons. The molecule has 2 amide bonds. The molecule has 0 aliphatic heterocycles. The molecule has 3 atom stereocenters. The minimum absolute atomic E-state index is 0.0173. The van der Waals surface area contributed by atoms with Gasteiger partial charge in [-0.25, -0.2) is 9.37 Å². The zero-order valence-electron chi connectivity index (χ0n) is 29.4. The summed E-state index contributed by atoms with van der Waals surface area (Å²) in [7, 11) is 0. The van der Waals surface area contributed by atoms with E-state index in [4.69, 9.17) is 10.5 Å². The summed E-state index contributed by atoms with van der Waals surface area (Å²) in [6.45, 7) is 14.8. The summed E-state index contributed by atoms with van der Waals surface area (Å²) in [6.07, 6.45) is 7.13. The van der Waals surface area contributed by atoms with Crippen molar-refractivity contribution in [3.63, 3.8) is 0 Å². The van der Waals surface area contributed by atoms with Crippen molar-refractivity contribution in [3.8, 4) is 0 Å². The molecule has 47 heavy (non-hydrogen) atoms. The number of ether oxygens (including phenoxy) is 1. The number of aromatic nitrogens is 1. The highest BCUT2D eigenvalue weighted by molar-refractivity contribution is 7.09. The maximum atomic E-state index is 14.2. The highest BCUT2D eigenvalue weighted by Crippen LogP contribution is 2.32. The van der Waals surface area contributed by atoms with Gasteiger partial charge in [-0.05, 0) is 70.1 Å². The van der Waals surface area contributed by atoms with Crippen molar-refractivity contribution in [2.24, 2.45) is 11.3 Å². The predicted octanol–water partition coefficient (Wildman–Crippen LogP) is 7.80. The van der Waals surface area contributed by atoms with Crippen LogP contribution < -0.4 is 11.1 Å². The Morgan fingerprint density at radius 2 is 1.81 bits per heavy atom. The Morgan fingerprint density at radius 1 is 1.11 bits per heavy atom. The van der Waals surface area contributed by atoms with Crippen LogP contribution in [0.2, 0.25) is 0 Å². The molecule has 11 heteroatoms. The molecule has 0 aliphatic carbocycles. The van der Waals surface area contributed by atoms with Crippen LogP contribution in [0.4, 0.5) is 10.1 Å². The molecule has 0 aliphatic rings. The minimum Gasteiger partial charge on any atom is -0.481 e. The summed E-state index contributed by atoms with van der Waals surface area (Å²) >= 11 is 1.33. The van der Waals surface area contributed by atoms with E-state index < -0.39 is 35.3 Å². The molecule has 2 rings (SSSR count). The maximum absolute atomic E-state index is 14.2. The molecule has 9 nitrogen and oxygen atoms in total. The van der Waals surface area contributed by atoms with Gasteiger partial charge in [0.1, 0.15) is 22.6 Å². The van der Waals surface area contributed by atoms with Crippen LogP contribution in [0.15, 0.2) is 23.6 Å². The summed E-state index contributed by atoms with van der Waals surface area (Å²) in [6, 6.07) is 3.78. The number of nitrogens with two attached hydrogens (primary N) is 1. The number of carboxylic acids is 1. The summed E-state index contributed by atoms with van der Waals surface area (Å²) in [5.74, 6) is -1.65. The zero-order chi connectivity index (χ0) is 35.1. The van der Waals surface area contributed by atoms with E-state index in [9.17, 15) is 23.9 Å². The number of nitrogens with one attached hydrogen (secondary N) is 1. The molecule has 1 aromatic carbocycles. The largest absolute Gasteiger partial charge is 0.481 e. The second-order valence-corrected chi connectivity index (χ2v) is 14.3. The standard InChI is InChI=1S/C36H57FN4O5S/c1-8-11-13-14-18-41(32(42)15-12-9-2)30(24(4)5)21-31(46-10-3)34-40-29(23-47-34)33(43)39-26(22-36(6,7)35(44)45)19-25-16-17-28(38)27(37)20-25/h16-17,20,23-24,26,30-31H,8-15,18-19,21-22,38H2,1-7H3,(H,39,43)(H,44,45). The first kappa shape index (κ1) is 40.1. The summed E-state index contributed by atoms with van der Waals surface area (Å²) in [5, 5.41) is 15.0. The predicted molar refractivity (Wildman–Crippen MR) is 187 cm³/mol. The number of nitrogens with zero attached hydrogens (tertiary/aromatic N) is 2. The second kappa shape index (κ2) is 19.7. The normalized spacial score (nSPS) is 13.7. The lowest BCUT2D eigenvalue weighted by Gasteiger charge is -2.36. The highest BCUT2D eigenvalue weighted by Gasteiger charge is 2.33. The summed E-state index contributed by atoms with van der Waals surface area (Å²) < 4.78 is 20.4. The number of anilines is 1. The lowest BCUT2D eigenvalue weighted by atomic mass is 9.84. The number of unbranched alkanes of at least 4 members (excludes halogenated alkanes) is 4. The lowest BCUT2D eigenvalue weighted by molar-refractivity contribution is -0.147. The van der Waals surface area contributed by atoms with E-state index in [-0.39, 0.29) is 42.1 Å². The number of carbonyl (C=O) groups is 3. The number of hydrogen-bond donors (Lipinski definition) is 3. The number of amides is 2. The molecular weight excluding hydrogens is 619 g/mol. The van der Waals surface area contributed by atoms with Gasteiger partial charge in [0.25, 0.3) is 5.91 Å². The fraction of sp³-hybridized carbons (Fsp3) is 0.667. The Kier molecular flexibility index (Phi) is 16.8. The van der Waals surface area contributed by atoms with E-state index in [1.807, 2.05) is 6.92 Å². The third-order valence-corrected chi connectivity index (χ3v) is 9.50. The molecule has 0 saturated carbocycles. The molecule has 0 spiro atoms. The molecular formula is C36H57FN4O5S. The molecule has 0 radical (unpaired) electrons. The number of benzene rings is 1. The molecule has 1 aromatic heterocycles. The van der Waals surface area contributed by atoms with E-state index in [0.717, 1.165) is 38.5 Å². The lowest BCUT2D eigenvalue weighted by Crippen LogP contribution is -2.45. The smallest absolute Gasteiger partial charge is 0.309 e. The number of rotatable bonds is 22. The van der Waals surface area contributed by atoms with Gasteiger partial charge >= 0.3 is 5.97 Å². The van der Waals surface area contributed by atoms with Crippen LogP contribution in [-0.4, -0.2) is 58.0 Å². The van der Waals surface area contributed by atoms with E-state index >= 15 is 0 Å². The van der Waals surface area contributed by atoms with E-state index in [1.165, 1.54) is 23.5 Å². The van der Waals surface area contributed by atoms with Gasteiger partial charge in [-0.2, -0.15) is 0 Å². The van der Waals surface area contributed by atoms with Gasteiger partial charge in [0.15, 0.2) is 0 Å². The van der Waals surface area contributed by atoms with Gasteiger partial charge in [0, 0.05) is 43.5 Å². The van der Waals surface area contributed by atoms with Crippen LogP contribution >= 0.6 is 11.3 Å². The number of halogens is 1. The van der Waals surface area contributed by atoms with Crippen molar-refractivity contribution >= 4 is 34.8 Å². The van der Waals surface area contributed by atoms with Crippen LogP contribution in [0.1, 0.15) is 133 Å². The van der Waals surface area contributed by atoms with Crippen molar-refractivity contribution in [2.45, 2.75) is 131 Å². The van der Waals surface area contributed by atoms with Crippen molar-refractivity contribution in [2.75, 3.05) is 18.9 Å². The summed E-state index contributed by atoms with van der Waals surface area (Å²) in [4.78, 5) is 45.6. The average molecular weight is 677 g/mol. The topological polar surface area (TPSA) is 135 Å². The molecule has 0 saturated heterocycles. The average Bonchev–Trinajstić information content (AvgIpc) is 3.50. The Morgan fingerprint density at radius 3 is 2.40 bits per heavy atom. The van der Waals surface area contributed by atoms with Crippen molar-refractivity contribution in [3.05, 3.63) is 45.7 Å². The van der Waals surface area contributed by atoms with Gasteiger partial charge in [-0.3, -0.25) is 14.4 Å².